The lowest BCUT2D eigenvalue weighted by molar-refractivity contribution is 0.0234. The van der Waals surface area contributed by atoms with Crippen LogP contribution in [0.2, 0.25) is 0 Å². The Morgan fingerprint density at radius 3 is 2.71 bits per heavy atom. The normalized spacial score (nSPS) is 24.8. The maximum Gasteiger partial charge on any atom is 0.410 e. The van der Waals surface area contributed by atoms with Gasteiger partial charge in [-0.1, -0.05) is 0 Å². The molecule has 0 spiro atoms. The Balaban J connectivity index is 2.43. The van der Waals surface area contributed by atoms with Crippen LogP contribution in [-0.4, -0.2) is 54.0 Å². The molecule has 5 nitrogen and oxygen atoms in total. The van der Waals surface area contributed by atoms with Crippen LogP contribution in [0.1, 0.15) is 33.6 Å². The molecule has 1 saturated heterocycles. The van der Waals surface area contributed by atoms with Crippen molar-refractivity contribution in [2.24, 2.45) is 0 Å². The van der Waals surface area contributed by atoms with Gasteiger partial charge in [-0.3, -0.25) is 0 Å². The molecule has 0 aromatic rings. The molecule has 1 fully saturated rings. The first-order valence-corrected chi connectivity index (χ1v) is 6.13. The Morgan fingerprint density at radius 2 is 2.18 bits per heavy atom. The molecule has 0 unspecified atom stereocenters. The number of carbonyl (C=O) groups excluding carboxylic acids is 1. The van der Waals surface area contributed by atoms with E-state index in [1.165, 1.54) is 0 Å². The fraction of sp³-hybridized carbons (Fsp3) is 0.917. The molecule has 0 saturated carbocycles. The first-order chi connectivity index (χ1) is 7.83. The van der Waals surface area contributed by atoms with E-state index < -0.39 is 5.60 Å². The average molecular weight is 244 g/mol. The van der Waals surface area contributed by atoms with Crippen molar-refractivity contribution in [2.75, 3.05) is 20.2 Å². The van der Waals surface area contributed by atoms with Crippen LogP contribution in [0.4, 0.5) is 4.79 Å². The van der Waals surface area contributed by atoms with Crippen LogP contribution in [-0.2, 0) is 4.74 Å². The standard InChI is InChI=1S/C12H24N2O3/c1-12(2,3)17-11(16)14(4)10-7-9(5-6-15)13-8-10/h9-10,13,15H,5-8H2,1-4H3/t9-,10+/m0/s1. The summed E-state index contributed by atoms with van der Waals surface area (Å²) in [5.74, 6) is 0. The summed E-state index contributed by atoms with van der Waals surface area (Å²) >= 11 is 0. The molecule has 1 aliphatic heterocycles. The lowest BCUT2D eigenvalue weighted by Gasteiger charge is -2.28. The molecule has 2 atom stereocenters. The number of amides is 1. The summed E-state index contributed by atoms with van der Waals surface area (Å²) in [4.78, 5) is 13.5. The van der Waals surface area contributed by atoms with Gasteiger partial charge in [-0.15, -0.1) is 0 Å². The summed E-state index contributed by atoms with van der Waals surface area (Å²) in [7, 11) is 1.77. The number of aliphatic hydroxyl groups is 1. The van der Waals surface area contributed by atoms with E-state index in [0.717, 1.165) is 19.4 Å². The zero-order valence-electron chi connectivity index (χ0n) is 11.2. The maximum absolute atomic E-state index is 11.8. The van der Waals surface area contributed by atoms with Gasteiger partial charge in [0, 0.05) is 32.3 Å². The molecule has 5 heteroatoms. The quantitative estimate of drug-likeness (QED) is 0.776. The third-order valence-corrected chi connectivity index (χ3v) is 2.91. The molecule has 0 bridgehead atoms. The summed E-state index contributed by atoms with van der Waals surface area (Å²) in [6.45, 7) is 6.53. The van der Waals surface area contributed by atoms with Crippen molar-refractivity contribution in [2.45, 2.75) is 51.3 Å². The molecule has 17 heavy (non-hydrogen) atoms. The number of hydrogen-bond acceptors (Lipinski definition) is 4. The summed E-state index contributed by atoms with van der Waals surface area (Å²) < 4.78 is 5.32. The molecular formula is C12H24N2O3. The van der Waals surface area contributed by atoms with E-state index in [4.69, 9.17) is 9.84 Å². The summed E-state index contributed by atoms with van der Waals surface area (Å²) in [5, 5.41) is 12.2. The number of carbonyl (C=O) groups is 1. The van der Waals surface area contributed by atoms with Gasteiger partial charge < -0.3 is 20.1 Å². The molecule has 1 amide bonds. The monoisotopic (exact) mass is 244 g/mol. The molecule has 0 aromatic carbocycles. The van der Waals surface area contributed by atoms with Crippen molar-refractivity contribution in [1.29, 1.82) is 0 Å². The second kappa shape index (κ2) is 5.69. The van der Waals surface area contributed by atoms with Crippen molar-refractivity contribution in [3.8, 4) is 0 Å². The third-order valence-electron chi connectivity index (χ3n) is 2.91. The van der Waals surface area contributed by atoms with Gasteiger partial charge >= 0.3 is 6.09 Å². The van der Waals surface area contributed by atoms with Gasteiger partial charge in [0.25, 0.3) is 0 Å². The van der Waals surface area contributed by atoms with Crippen molar-refractivity contribution in [1.82, 2.24) is 10.2 Å². The largest absolute Gasteiger partial charge is 0.444 e. The van der Waals surface area contributed by atoms with Crippen LogP contribution >= 0.6 is 0 Å². The summed E-state index contributed by atoms with van der Waals surface area (Å²) in [5.41, 5.74) is -0.456. The molecule has 2 N–H and O–H groups in total. The predicted molar refractivity (Wildman–Crippen MR) is 65.9 cm³/mol. The summed E-state index contributed by atoms with van der Waals surface area (Å²) in [6, 6.07) is 0.455. The molecule has 0 aromatic heterocycles. The van der Waals surface area contributed by atoms with Crippen LogP contribution in [0.15, 0.2) is 0 Å². The number of nitrogens with zero attached hydrogens (tertiary/aromatic N) is 1. The van der Waals surface area contributed by atoms with Crippen molar-refractivity contribution < 1.29 is 14.6 Å². The Morgan fingerprint density at radius 1 is 1.53 bits per heavy atom. The van der Waals surface area contributed by atoms with Crippen LogP contribution in [0, 0.1) is 0 Å². The highest BCUT2D eigenvalue weighted by molar-refractivity contribution is 5.68. The molecule has 100 valence electrons. The highest BCUT2D eigenvalue weighted by atomic mass is 16.6. The van der Waals surface area contributed by atoms with Gasteiger partial charge in [0.2, 0.25) is 0 Å². The Hall–Kier alpha value is -0.810. The number of hydrogen-bond donors (Lipinski definition) is 2. The van der Waals surface area contributed by atoms with E-state index in [-0.39, 0.29) is 18.7 Å². The van der Waals surface area contributed by atoms with Gasteiger partial charge in [-0.25, -0.2) is 4.79 Å². The maximum atomic E-state index is 11.8. The molecular weight excluding hydrogens is 220 g/mol. The Kier molecular flexibility index (Phi) is 4.77. The number of likely N-dealkylation sites (N-methyl/N-ethyl adjacent to an activating group) is 1. The fourth-order valence-electron chi connectivity index (χ4n) is 1.95. The van der Waals surface area contributed by atoms with E-state index in [2.05, 4.69) is 5.32 Å². The van der Waals surface area contributed by atoms with Crippen LogP contribution in [0.5, 0.6) is 0 Å². The Labute approximate surface area is 103 Å². The first-order valence-electron chi connectivity index (χ1n) is 6.13. The molecule has 1 aliphatic rings. The van der Waals surface area contributed by atoms with Gasteiger partial charge in [0.15, 0.2) is 0 Å². The highest BCUT2D eigenvalue weighted by Crippen LogP contribution is 2.17. The van der Waals surface area contributed by atoms with E-state index in [1.807, 2.05) is 20.8 Å². The number of rotatable bonds is 3. The van der Waals surface area contributed by atoms with Crippen LogP contribution < -0.4 is 5.32 Å². The second-order valence-electron chi connectivity index (χ2n) is 5.60. The fourth-order valence-corrected chi connectivity index (χ4v) is 1.95. The number of nitrogens with one attached hydrogen (secondary N) is 1. The van der Waals surface area contributed by atoms with Crippen molar-refractivity contribution in [3.05, 3.63) is 0 Å². The van der Waals surface area contributed by atoms with Crippen LogP contribution in [0.25, 0.3) is 0 Å². The van der Waals surface area contributed by atoms with Gasteiger partial charge in [0.05, 0.1) is 0 Å². The van der Waals surface area contributed by atoms with E-state index in [1.54, 1.807) is 11.9 Å². The number of aliphatic hydroxyl groups excluding tert-OH is 1. The minimum absolute atomic E-state index is 0.154. The van der Waals surface area contributed by atoms with Crippen molar-refractivity contribution in [3.63, 3.8) is 0 Å². The average Bonchev–Trinajstić information content (AvgIpc) is 2.63. The van der Waals surface area contributed by atoms with Crippen molar-refractivity contribution >= 4 is 6.09 Å². The van der Waals surface area contributed by atoms with E-state index in [9.17, 15) is 4.79 Å². The van der Waals surface area contributed by atoms with E-state index >= 15 is 0 Å². The zero-order chi connectivity index (χ0) is 13.1. The third kappa shape index (κ3) is 4.52. The lowest BCUT2D eigenvalue weighted by Crippen LogP contribution is -2.41. The minimum Gasteiger partial charge on any atom is -0.444 e. The SMILES string of the molecule is CN(C(=O)OC(C)(C)C)[C@H]1CN[C@@H](CCO)C1. The first kappa shape index (κ1) is 14.3. The summed E-state index contributed by atoms with van der Waals surface area (Å²) in [6.07, 6.45) is 1.32. The van der Waals surface area contributed by atoms with Gasteiger partial charge in [-0.2, -0.15) is 0 Å². The molecule has 0 radical (unpaired) electrons. The molecule has 1 heterocycles. The topological polar surface area (TPSA) is 61.8 Å². The lowest BCUT2D eigenvalue weighted by atomic mass is 10.1. The zero-order valence-corrected chi connectivity index (χ0v) is 11.2. The second-order valence-corrected chi connectivity index (χ2v) is 5.60. The smallest absolute Gasteiger partial charge is 0.410 e. The Bertz CT molecular complexity index is 263. The highest BCUT2D eigenvalue weighted by Gasteiger charge is 2.31. The van der Waals surface area contributed by atoms with E-state index in [0.29, 0.717) is 6.04 Å². The molecule has 0 aliphatic carbocycles. The minimum atomic E-state index is -0.456. The van der Waals surface area contributed by atoms with Gasteiger partial charge in [-0.05, 0) is 33.6 Å². The van der Waals surface area contributed by atoms with Crippen LogP contribution in [0.3, 0.4) is 0 Å². The van der Waals surface area contributed by atoms with Gasteiger partial charge in [0.1, 0.15) is 5.60 Å². The molecule has 1 rings (SSSR count). The predicted octanol–water partition coefficient (Wildman–Crippen LogP) is 0.966. The number of ether oxygens (including phenoxy) is 1.